The van der Waals surface area contributed by atoms with Crippen LogP contribution in [-0.4, -0.2) is 11.8 Å². The van der Waals surface area contributed by atoms with Gasteiger partial charge in [-0.1, -0.05) is 37.3 Å². The summed E-state index contributed by atoms with van der Waals surface area (Å²) in [5.74, 6) is -1.30. The third kappa shape index (κ3) is 0.959. The van der Waals surface area contributed by atoms with Crippen LogP contribution in [0.15, 0.2) is 30.3 Å². The molecule has 1 N–H and O–H groups in total. The number of carbonyl (C=O) groups is 2. The largest absolute Gasteiger partial charge is 0.293 e. The van der Waals surface area contributed by atoms with E-state index in [0.717, 1.165) is 5.56 Å². The van der Waals surface area contributed by atoms with E-state index in [1.165, 1.54) is 0 Å². The Morgan fingerprint density at radius 2 is 1.55 bits per heavy atom. The lowest BCUT2D eigenvalue weighted by molar-refractivity contribution is -0.130. The highest BCUT2D eigenvalue weighted by Crippen LogP contribution is 2.81. The van der Waals surface area contributed by atoms with Crippen LogP contribution in [0.4, 0.5) is 0 Å². The molecule has 1 aromatic rings. The van der Waals surface area contributed by atoms with E-state index in [-0.39, 0.29) is 0 Å². The molecule has 1 heterocycles. The van der Waals surface area contributed by atoms with Crippen molar-refractivity contribution < 1.29 is 9.59 Å². The van der Waals surface area contributed by atoms with Crippen molar-refractivity contribution in [3.63, 3.8) is 0 Å². The van der Waals surface area contributed by atoms with E-state index in [1.54, 1.807) is 6.92 Å². The first kappa shape index (κ1) is 12.4. The van der Waals surface area contributed by atoms with Gasteiger partial charge in [0.25, 0.3) is 0 Å². The van der Waals surface area contributed by atoms with Crippen molar-refractivity contribution in [2.24, 2.45) is 16.2 Å². The highest BCUT2D eigenvalue weighted by Gasteiger charge is 2.96. The van der Waals surface area contributed by atoms with Gasteiger partial charge in [0.1, 0.15) is 0 Å². The lowest BCUT2D eigenvalue weighted by Crippen LogP contribution is -2.37. The number of imide groups is 1. The molecular weight excluding hydrogens is 254 g/mol. The second kappa shape index (κ2) is 3.46. The van der Waals surface area contributed by atoms with Crippen LogP contribution >= 0.6 is 0 Å². The number of benzene rings is 1. The molecule has 2 amide bonds. The third-order valence-corrected chi connectivity index (χ3v) is 4.80. The molecular formula is C15H11N3O2. The molecule has 3 rings (SSSR count). The van der Waals surface area contributed by atoms with Crippen molar-refractivity contribution in [1.29, 1.82) is 10.5 Å². The molecule has 1 aliphatic heterocycles. The fourth-order valence-corrected chi connectivity index (χ4v) is 3.70. The van der Waals surface area contributed by atoms with Crippen LogP contribution in [0.2, 0.25) is 0 Å². The van der Waals surface area contributed by atoms with Crippen LogP contribution in [0.25, 0.3) is 0 Å². The molecule has 5 nitrogen and oxygen atoms in total. The minimum Gasteiger partial charge on any atom is -0.293 e. The minimum absolute atomic E-state index is 0.341. The normalized spacial score (nSPS) is 37.5. The first-order valence-electron chi connectivity index (χ1n) is 6.22. The van der Waals surface area contributed by atoms with Crippen molar-refractivity contribution >= 4 is 11.8 Å². The van der Waals surface area contributed by atoms with Crippen LogP contribution in [0.1, 0.15) is 12.5 Å². The molecule has 20 heavy (non-hydrogen) atoms. The topological polar surface area (TPSA) is 93.8 Å². The summed E-state index contributed by atoms with van der Waals surface area (Å²) >= 11 is 0. The van der Waals surface area contributed by atoms with Gasteiger partial charge >= 0.3 is 0 Å². The first-order valence-corrected chi connectivity index (χ1v) is 6.22. The Balaban J connectivity index is 2.12. The summed E-state index contributed by atoms with van der Waals surface area (Å²) < 4.78 is 0. The number of nitrogens with one attached hydrogen (secondary N) is 1. The number of amides is 2. The van der Waals surface area contributed by atoms with Gasteiger partial charge in [0, 0.05) is 5.41 Å². The molecule has 3 atom stereocenters. The van der Waals surface area contributed by atoms with E-state index in [2.05, 4.69) is 5.32 Å². The number of nitrogens with zero attached hydrogens (tertiary/aromatic N) is 2. The Kier molecular flexibility index (Phi) is 2.14. The molecule has 0 spiro atoms. The Hall–Kier alpha value is -2.66. The zero-order valence-corrected chi connectivity index (χ0v) is 10.8. The Labute approximate surface area is 115 Å². The van der Waals surface area contributed by atoms with E-state index in [9.17, 15) is 20.1 Å². The smallest absolute Gasteiger partial charge is 0.249 e. The quantitative estimate of drug-likeness (QED) is 0.805. The van der Waals surface area contributed by atoms with Crippen LogP contribution in [-0.2, 0) is 16.0 Å². The van der Waals surface area contributed by atoms with Crippen molar-refractivity contribution in [2.45, 2.75) is 13.3 Å². The monoisotopic (exact) mass is 265 g/mol. The predicted molar refractivity (Wildman–Crippen MR) is 67.5 cm³/mol. The van der Waals surface area contributed by atoms with E-state index < -0.39 is 28.1 Å². The molecule has 0 bridgehead atoms. The standard InChI is InChI=1S/C15H11N3O2/c1-13(7-10-5-3-2-4-6-10)14(8-16)11(19)18-12(20)15(13,14)9-17/h2-6H,7H2,1H3,(H,18,19,20)/t13?,14-,15+. The highest BCUT2D eigenvalue weighted by atomic mass is 16.2. The van der Waals surface area contributed by atoms with Crippen molar-refractivity contribution in [2.75, 3.05) is 0 Å². The number of rotatable bonds is 2. The molecule has 1 unspecified atom stereocenters. The maximum Gasteiger partial charge on any atom is 0.249 e. The number of hydrogen-bond acceptors (Lipinski definition) is 4. The third-order valence-electron chi connectivity index (χ3n) is 4.80. The fraction of sp³-hybridized carbons (Fsp3) is 0.333. The van der Waals surface area contributed by atoms with Crippen LogP contribution in [0, 0.1) is 38.9 Å². The molecule has 2 fully saturated rings. The van der Waals surface area contributed by atoms with Gasteiger partial charge in [-0.25, -0.2) is 0 Å². The molecule has 1 saturated carbocycles. The summed E-state index contributed by atoms with van der Waals surface area (Å²) in [4.78, 5) is 24.1. The van der Waals surface area contributed by atoms with Gasteiger partial charge in [-0.15, -0.1) is 0 Å². The van der Waals surface area contributed by atoms with Gasteiger partial charge in [0.2, 0.25) is 11.8 Å². The Morgan fingerprint density at radius 1 is 1.05 bits per heavy atom. The van der Waals surface area contributed by atoms with Gasteiger partial charge in [-0.3, -0.25) is 14.9 Å². The zero-order chi connectivity index (χ0) is 14.6. The summed E-state index contributed by atoms with van der Waals surface area (Å²) in [5, 5.41) is 21.0. The van der Waals surface area contributed by atoms with E-state index in [0.29, 0.717) is 6.42 Å². The number of carbonyl (C=O) groups excluding carboxylic acids is 2. The lowest BCUT2D eigenvalue weighted by Gasteiger charge is -2.17. The van der Waals surface area contributed by atoms with Crippen LogP contribution in [0.5, 0.6) is 0 Å². The summed E-state index contributed by atoms with van der Waals surface area (Å²) in [5.41, 5.74) is -3.22. The molecule has 1 aliphatic carbocycles. The van der Waals surface area contributed by atoms with Crippen molar-refractivity contribution in [1.82, 2.24) is 5.32 Å². The van der Waals surface area contributed by atoms with Gasteiger partial charge in [-0.2, -0.15) is 10.5 Å². The fourth-order valence-electron chi connectivity index (χ4n) is 3.70. The lowest BCUT2D eigenvalue weighted by atomic mass is 9.86. The van der Waals surface area contributed by atoms with Gasteiger partial charge < -0.3 is 0 Å². The van der Waals surface area contributed by atoms with Gasteiger partial charge in [0.15, 0.2) is 10.8 Å². The van der Waals surface area contributed by atoms with Crippen LogP contribution in [0.3, 0.4) is 0 Å². The SMILES string of the molecule is CC1(Cc2ccccc2)[C@]2(C#N)C(=O)NC(=O)[C@]12C#N. The molecule has 1 aromatic carbocycles. The van der Waals surface area contributed by atoms with Crippen molar-refractivity contribution in [3.05, 3.63) is 35.9 Å². The van der Waals surface area contributed by atoms with Gasteiger partial charge in [-0.05, 0) is 12.0 Å². The highest BCUT2D eigenvalue weighted by molar-refractivity contribution is 6.19. The summed E-state index contributed by atoms with van der Waals surface area (Å²) in [6.07, 6.45) is 0.341. The summed E-state index contributed by atoms with van der Waals surface area (Å²) in [7, 11) is 0. The Bertz CT molecular complexity index is 675. The van der Waals surface area contributed by atoms with E-state index >= 15 is 0 Å². The molecule has 1 saturated heterocycles. The average Bonchev–Trinajstić information content (AvgIpc) is 2.81. The second-order valence-corrected chi connectivity index (χ2v) is 5.50. The van der Waals surface area contributed by atoms with Gasteiger partial charge in [0.05, 0.1) is 12.1 Å². The number of piperidine rings is 1. The first-order chi connectivity index (χ1) is 9.50. The Morgan fingerprint density at radius 3 is 2.00 bits per heavy atom. The number of fused-ring (bicyclic) bond motifs is 1. The molecule has 98 valence electrons. The predicted octanol–water partition coefficient (Wildman–Crippen LogP) is 0.925. The minimum atomic E-state index is -1.57. The summed E-state index contributed by atoms with van der Waals surface area (Å²) in [6.45, 7) is 1.67. The molecule has 0 radical (unpaired) electrons. The van der Waals surface area contributed by atoms with E-state index in [1.807, 2.05) is 42.5 Å². The number of nitriles is 2. The molecule has 5 heteroatoms. The van der Waals surface area contributed by atoms with E-state index in [4.69, 9.17) is 0 Å². The maximum absolute atomic E-state index is 12.0. The average molecular weight is 265 g/mol. The summed E-state index contributed by atoms with van der Waals surface area (Å²) in [6, 6.07) is 13.1. The van der Waals surface area contributed by atoms with Crippen LogP contribution < -0.4 is 5.32 Å². The zero-order valence-electron chi connectivity index (χ0n) is 10.8. The maximum atomic E-state index is 12.0. The second-order valence-electron chi connectivity index (χ2n) is 5.50. The van der Waals surface area contributed by atoms with Crippen molar-refractivity contribution in [3.8, 4) is 12.1 Å². The molecule has 2 aliphatic rings. The number of hydrogen-bond donors (Lipinski definition) is 1. The molecule has 0 aromatic heterocycles.